The Kier molecular flexibility index (Phi) is 3.53. The van der Waals surface area contributed by atoms with Crippen LogP contribution in [0.5, 0.6) is 0 Å². The highest BCUT2D eigenvalue weighted by Gasteiger charge is 2.40. The van der Waals surface area contributed by atoms with E-state index in [0.29, 0.717) is 5.92 Å². The van der Waals surface area contributed by atoms with Gasteiger partial charge < -0.3 is 10.4 Å². The summed E-state index contributed by atoms with van der Waals surface area (Å²) < 4.78 is 0. The second-order valence-corrected chi connectivity index (χ2v) is 5.72. The Bertz CT molecular complexity index is 261. The monoisotopic (exact) mass is 225 g/mol. The topological polar surface area (TPSA) is 49.3 Å². The van der Waals surface area contributed by atoms with Crippen molar-refractivity contribution >= 4 is 5.97 Å². The zero-order valence-corrected chi connectivity index (χ0v) is 10.2. The first kappa shape index (κ1) is 11.9. The molecule has 3 nitrogen and oxygen atoms in total. The van der Waals surface area contributed by atoms with Gasteiger partial charge in [-0.1, -0.05) is 32.1 Å². The molecule has 2 atom stereocenters. The molecule has 1 saturated heterocycles. The molecular weight excluding hydrogens is 202 g/mol. The summed E-state index contributed by atoms with van der Waals surface area (Å²) in [6.07, 6.45) is 8.68. The molecule has 0 aromatic rings. The largest absolute Gasteiger partial charge is 0.480 e. The Labute approximate surface area is 97.6 Å². The predicted octanol–water partition coefficient (Wildman–Crippen LogP) is 2.41. The lowest BCUT2D eigenvalue weighted by molar-refractivity contribution is -0.146. The first-order valence-electron chi connectivity index (χ1n) is 6.60. The van der Waals surface area contributed by atoms with Gasteiger partial charge in [0.1, 0.15) is 5.54 Å². The summed E-state index contributed by atoms with van der Waals surface area (Å²) in [5, 5.41) is 12.4. The summed E-state index contributed by atoms with van der Waals surface area (Å²) in [5.41, 5.74) is -0.680. The fraction of sp³-hybridized carbons (Fsp3) is 0.923. The molecule has 1 saturated carbocycles. The molecule has 0 bridgehead atoms. The summed E-state index contributed by atoms with van der Waals surface area (Å²) in [4.78, 5) is 11.2. The van der Waals surface area contributed by atoms with E-state index in [1.807, 2.05) is 6.92 Å². The minimum absolute atomic E-state index is 0.627. The highest BCUT2D eigenvalue weighted by molar-refractivity contribution is 5.78. The maximum atomic E-state index is 11.2. The van der Waals surface area contributed by atoms with Gasteiger partial charge in [0, 0.05) is 0 Å². The lowest BCUT2D eigenvalue weighted by atomic mass is 9.71. The van der Waals surface area contributed by atoms with Crippen LogP contribution in [0.4, 0.5) is 0 Å². The van der Waals surface area contributed by atoms with Crippen LogP contribution in [-0.2, 0) is 4.79 Å². The van der Waals surface area contributed by atoms with Gasteiger partial charge in [0.05, 0.1) is 0 Å². The van der Waals surface area contributed by atoms with Gasteiger partial charge in [-0.2, -0.15) is 0 Å². The van der Waals surface area contributed by atoms with E-state index in [4.69, 9.17) is 0 Å². The highest BCUT2D eigenvalue weighted by Crippen LogP contribution is 2.38. The zero-order valence-electron chi connectivity index (χ0n) is 10.2. The first-order chi connectivity index (χ1) is 7.62. The van der Waals surface area contributed by atoms with E-state index >= 15 is 0 Å². The fourth-order valence-electron chi connectivity index (χ4n) is 3.40. The summed E-state index contributed by atoms with van der Waals surface area (Å²) in [6, 6.07) is 0. The smallest absolute Gasteiger partial charge is 0.323 e. The number of hydrogen-bond donors (Lipinski definition) is 2. The first-order valence-corrected chi connectivity index (χ1v) is 6.60. The third kappa shape index (κ3) is 2.40. The average molecular weight is 225 g/mol. The number of rotatable bonds is 2. The molecule has 2 aliphatic rings. The molecule has 1 heterocycles. The predicted molar refractivity (Wildman–Crippen MR) is 63.3 cm³/mol. The normalized spacial score (nSPS) is 37.2. The molecule has 0 radical (unpaired) electrons. The maximum Gasteiger partial charge on any atom is 0.323 e. The average Bonchev–Trinajstić information content (AvgIpc) is 2.30. The van der Waals surface area contributed by atoms with Gasteiger partial charge in [-0.05, 0) is 38.1 Å². The van der Waals surface area contributed by atoms with E-state index in [1.165, 1.54) is 32.1 Å². The van der Waals surface area contributed by atoms with Crippen molar-refractivity contribution in [2.75, 3.05) is 6.54 Å². The van der Waals surface area contributed by atoms with Crippen molar-refractivity contribution in [3.63, 3.8) is 0 Å². The minimum Gasteiger partial charge on any atom is -0.480 e. The lowest BCUT2D eigenvalue weighted by Crippen LogP contribution is -2.55. The quantitative estimate of drug-likeness (QED) is 0.758. The number of hydrogen-bond acceptors (Lipinski definition) is 2. The van der Waals surface area contributed by atoms with E-state index in [1.54, 1.807) is 0 Å². The van der Waals surface area contributed by atoms with Crippen molar-refractivity contribution in [2.24, 2.45) is 11.8 Å². The van der Waals surface area contributed by atoms with Gasteiger partial charge >= 0.3 is 5.97 Å². The number of carbonyl (C=O) groups is 1. The van der Waals surface area contributed by atoms with Gasteiger partial charge in [-0.25, -0.2) is 0 Å². The van der Waals surface area contributed by atoms with Crippen molar-refractivity contribution in [2.45, 2.75) is 57.4 Å². The number of aliphatic carboxylic acids is 1. The number of nitrogens with one attached hydrogen (secondary N) is 1. The summed E-state index contributed by atoms with van der Waals surface area (Å²) in [5.74, 6) is 0.727. The minimum atomic E-state index is -0.687. The second kappa shape index (κ2) is 4.74. The number of piperidine rings is 1. The number of carboxylic acid groups (broad SMARTS) is 1. The van der Waals surface area contributed by atoms with Gasteiger partial charge in [-0.3, -0.25) is 4.79 Å². The van der Waals surface area contributed by atoms with Crippen LogP contribution < -0.4 is 5.32 Å². The van der Waals surface area contributed by atoms with Gasteiger partial charge in [0.25, 0.3) is 0 Å². The van der Waals surface area contributed by atoms with Crippen molar-refractivity contribution in [3.8, 4) is 0 Å². The van der Waals surface area contributed by atoms with E-state index in [0.717, 1.165) is 25.3 Å². The van der Waals surface area contributed by atoms with Crippen LogP contribution in [0.1, 0.15) is 51.9 Å². The Morgan fingerprint density at radius 3 is 2.50 bits per heavy atom. The standard InChI is InChI=1S/C13H23NO2/c1-13(12(15)16)9-11(7-8-14-13)10-5-3-2-4-6-10/h10-11,14H,2-9H2,1H3,(H,15,16). The highest BCUT2D eigenvalue weighted by atomic mass is 16.4. The van der Waals surface area contributed by atoms with Crippen molar-refractivity contribution in [3.05, 3.63) is 0 Å². The Morgan fingerprint density at radius 1 is 1.19 bits per heavy atom. The Balaban J connectivity index is 1.98. The Morgan fingerprint density at radius 2 is 1.88 bits per heavy atom. The third-order valence-corrected chi connectivity index (χ3v) is 4.49. The van der Waals surface area contributed by atoms with Crippen LogP contribution in [0, 0.1) is 11.8 Å². The zero-order chi connectivity index (χ0) is 11.6. The van der Waals surface area contributed by atoms with Crippen LogP contribution in [-0.4, -0.2) is 23.2 Å². The number of carboxylic acids is 1. The Hall–Kier alpha value is -0.570. The molecule has 3 heteroatoms. The van der Waals surface area contributed by atoms with Crippen LogP contribution in [0.15, 0.2) is 0 Å². The molecule has 1 aliphatic carbocycles. The molecule has 2 unspecified atom stereocenters. The molecule has 2 N–H and O–H groups in total. The molecule has 2 rings (SSSR count). The van der Waals surface area contributed by atoms with Gasteiger partial charge in [-0.15, -0.1) is 0 Å². The molecule has 16 heavy (non-hydrogen) atoms. The molecule has 0 amide bonds. The molecule has 2 fully saturated rings. The molecular formula is C13H23NO2. The van der Waals surface area contributed by atoms with Crippen LogP contribution >= 0.6 is 0 Å². The second-order valence-electron chi connectivity index (χ2n) is 5.72. The van der Waals surface area contributed by atoms with Crippen LogP contribution in [0.3, 0.4) is 0 Å². The van der Waals surface area contributed by atoms with Crippen molar-refractivity contribution < 1.29 is 9.90 Å². The molecule has 1 aliphatic heterocycles. The molecule has 0 aromatic carbocycles. The van der Waals surface area contributed by atoms with Crippen molar-refractivity contribution in [1.82, 2.24) is 5.32 Å². The van der Waals surface area contributed by atoms with E-state index < -0.39 is 11.5 Å². The lowest BCUT2D eigenvalue weighted by Gasteiger charge is -2.40. The van der Waals surface area contributed by atoms with E-state index in [9.17, 15) is 9.90 Å². The van der Waals surface area contributed by atoms with Crippen molar-refractivity contribution in [1.29, 1.82) is 0 Å². The summed E-state index contributed by atoms with van der Waals surface area (Å²) in [7, 11) is 0. The molecule has 0 aromatic heterocycles. The van der Waals surface area contributed by atoms with Gasteiger partial charge in [0.15, 0.2) is 0 Å². The molecule has 0 spiro atoms. The van der Waals surface area contributed by atoms with Gasteiger partial charge in [0.2, 0.25) is 0 Å². The molecule has 92 valence electrons. The van der Waals surface area contributed by atoms with Crippen LogP contribution in [0.2, 0.25) is 0 Å². The maximum absolute atomic E-state index is 11.2. The summed E-state index contributed by atoms with van der Waals surface area (Å²) in [6.45, 7) is 2.70. The summed E-state index contributed by atoms with van der Waals surface area (Å²) >= 11 is 0. The van der Waals surface area contributed by atoms with E-state index in [2.05, 4.69) is 5.32 Å². The third-order valence-electron chi connectivity index (χ3n) is 4.49. The van der Waals surface area contributed by atoms with Crippen LogP contribution in [0.25, 0.3) is 0 Å². The fourth-order valence-corrected chi connectivity index (χ4v) is 3.40. The SMILES string of the molecule is CC1(C(=O)O)CC(C2CCCCC2)CCN1. The van der Waals surface area contributed by atoms with E-state index in [-0.39, 0.29) is 0 Å².